The number of nitrogens with one attached hydrogen (secondary N) is 1. The second kappa shape index (κ2) is 6.48. The average molecular weight is 301 g/mol. The predicted molar refractivity (Wildman–Crippen MR) is 90.2 cm³/mol. The van der Waals surface area contributed by atoms with Crippen molar-refractivity contribution in [3.63, 3.8) is 0 Å². The van der Waals surface area contributed by atoms with Crippen molar-refractivity contribution in [2.24, 2.45) is 0 Å². The van der Waals surface area contributed by atoms with Crippen LogP contribution in [-0.2, 0) is 5.41 Å². The van der Waals surface area contributed by atoms with Crippen LogP contribution in [0.25, 0.3) is 0 Å². The predicted octanol–water partition coefficient (Wildman–Crippen LogP) is 4.67. The molecule has 112 valence electrons. The zero-order valence-corrected chi connectivity index (χ0v) is 14.2. The lowest BCUT2D eigenvalue weighted by atomic mass is 9.87. The van der Waals surface area contributed by atoms with Crippen molar-refractivity contribution in [3.05, 3.63) is 41.6 Å². The molecule has 0 saturated heterocycles. The molecule has 0 atom stereocenters. The van der Waals surface area contributed by atoms with E-state index in [0.29, 0.717) is 5.95 Å². The first-order valence-electron chi connectivity index (χ1n) is 7.26. The van der Waals surface area contributed by atoms with E-state index >= 15 is 0 Å². The van der Waals surface area contributed by atoms with E-state index in [9.17, 15) is 0 Å². The summed E-state index contributed by atoms with van der Waals surface area (Å²) in [5.41, 5.74) is 2.63. The monoisotopic (exact) mass is 301 g/mol. The van der Waals surface area contributed by atoms with Gasteiger partial charge in [0.25, 0.3) is 0 Å². The Hall–Kier alpha value is -1.55. The SMILES string of the molecule is CCNc1ncc(C)c(Sc2ccc(C(C)(C)C)cc2)n1. The average Bonchev–Trinajstić information content (AvgIpc) is 2.42. The molecular formula is C17H23N3S. The van der Waals surface area contributed by atoms with Crippen LogP contribution in [0.3, 0.4) is 0 Å². The van der Waals surface area contributed by atoms with Crippen LogP contribution in [0.15, 0.2) is 40.4 Å². The van der Waals surface area contributed by atoms with Gasteiger partial charge in [-0.25, -0.2) is 9.97 Å². The molecule has 2 aromatic rings. The van der Waals surface area contributed by atoms with Gasteiger partial charge in [0.05, 0.1) is 0 Å². The number of nitrogens with zero attached hydrogens (tertiary/aromatic N) is 2. The molecule has 2 rings (SSSR count). The maximum Gasteiger partial charge on any atom is 0.223 e. The summed E-state index contributed by atoms with van der Waals surface area (Å²) in [5.74, 6) is 0.692. The fourth-order valence-corrected chi connectivity index (χ4v) is 2.75. The summed E-state index contributed by atoms with van der Waals surface area (Å²) in [6.07, 6.45) is 1.87. The van der Waals surface area contributed by atoms with Crippen LogP contribution < -0.4 is 5.32 Å². The molecule has 0 radical (unpaired) electrons. The Morgan fingerprint density at radius 2 is 1.81 bits per heavy atom. The van der Waals surface area contributed by atoms with Crippen LogP contribution in [0.4, 0.5) is 5.95 Å². The number of aromatic nitrogens is 2. The van der Waals surface area contributed by atoms with Crippen LogP contribution in [-0.4, -0.2) is 16.5 Å². The summed E-state index contributed by atoms with van der Waals surface area (Å²) in [5, 5.41) is 4.16. The molecule has 0 aliphatic carbocycles. The Balaban J connectivity index is 2.20. The van der Waals surface area contributed by atoms with E-state index < -0.39 is 0 Å². The van der Waals surface area contributed by atoms with Crippen molar-refractivity contribution in [1.29, 1.82) is 0 Å². The number of benzene rings is 1. The minimum atomic E-state index is 0.187. The van der Waals surface area contributed by atoms with Crippen LogP contribution >= 0.6 is 11.8 Å². The smallest absolute Gasteiger partial charge is 0.223 e. The van der Waals surface area contributed by atoms with Crippen LogP contribution in [0.5, 0.6) is 0 Å². The third-order valence-electron chi connectivity index (χ3n) is 3.20. The van der Waals surface area contributed by atoms with Gasteiger partial charge in [-0.3, -0.25) is 0 Å². The van der Waals surface area contributed by atoms with Gasteiger partial charge in [0.15, 0.2) is 0 Å². The summed E-state index contributed by atoms with van der Waals surface area (Å²) < 4.78 is 0. The van der Waals surface area contributed by atoms with Gasteiger partial charge in [-0.1, -0.05) is 44.7 Å². The number of aryl methyl sites for hydroxylation is 1. The Bertz CT molecular complexity index is 600. The molecule has 0 aliphatic heterocycles. The van der Waals surface area contributed by atoms with E-state index in [2.05, 4.69) is 60.3 Å². The summed E-state index contributed by atoms with van der Waals surface area (Å²) in [6, 6.07) is 8.73. The van der Waals surface area contributed by atoms with Gasteiger partial charge in [-0.15, -0.1) is 0 Å². The molecule has 3 nitrogen and oxygen atoms in total. The lowest BCUT2D eigenvalue weighted by Crippen LogP contribution is -2.10. The minimum absolute atomic E-state index is 0.187. The van der Waals surface area contributed by atoms with E-state index in [-0.39, 0.29) is 5.41 Å². The molecule has 0 aliphatic rings. The summed E-state index contributed by atoms with van der Waals surface area (Å²) >= 11 is 1.68. The van der Waals surface area contributed by atoms with Crippen molar-refractivity contribution < 1.29 is 0 Å². The second-order valence-electron chi connectivity index (χ2n) is 6.09. The topological polar surface area (TPSA) is 37.8 Å². The molecule has 4 heteroatoms. The third-order valence-corrected chi connectivity index (χ3v) is 4.31. The third kappa shape index (κ3) is 4.21. The Morgan fingerprint density at radius 1 is 1.14 bits per heavy atom. The molecular weight excluding hydrogens is 278 g/mol. The molecule has 0 saturated carbocycles. The number of hydrogen-bond donors (Lipinski definition) is 1. The first-order chi connectivity index (χ1) is 9.90. The lowest BCUT2D eigenvalue weighted by molar-refractivity contribution is 0.590. The van der Waals surface area contributed by atoms with Gasteiger partial charge in [0, 0.05) is 23.2 Å². The standard InChI is InChI=1S/C17H23N3S/c1-6-18-16-19-11-12(2)15(20-16)21-14-9-7-13(8-10-14)17(3,4)5/h7-11H,6H2,1-5H3,(H,18,19,20). The fraction of sp³-hybridized carbons (Fsp3) is 0.412. The molecule has 1 N–H and O–H groups in total. The molecule has 21 heavy (non-hydrogen) atoms. The first-order valence-corrected chi connectivity index (χ1v) is 8.07. The van der Waals surface area contributed by atoms with Crippen molar-refractivity contribution in [2.75, 3.05) is 11.9 Å². The van der Waals surface area contributed by atoms with Crippen molar-refractivity contribution in [1.82, 2.24) is 9.97 Å². The van der Waals surface area contributed by atoms with Crippen molar-refractivity contribution in [3.8, 4) is 0 Å². The molecule has 0 unspecified atom stereocenters. The summed E-state index contributed by atoms with van der Waals surface area (Å²) in [4.78, 5) is 10.1. The summed E-state index contributed by atoms with van der Waals surface area (Å²) in [7, 11) is 0. The Kier molecular flexibility index (Phi) is 4.88. The highest BCUT2D eigenvalue weighted by Gasteiger charge is 2.13. The number of hydrogen-bond acceptors (Lipinski definition) is 4. The normalized spacial score (nSPS) is 11.5. The fourth-order valence-electron chi connectivity index (χ4n) is 1.91. The number of rotatable bonds is 4. The van der Waals surface area contributed by atoms with Gasteiger partial charge in [-0.05, 0) is 37.0 Å². The highest BCUT2D eigenvalue weighted by atomic mass is 32.2. The van der Waals surface area contributed by atoms with E-state index in [1.807, 2.05) is 20.0 Å². The molecule has 0 bridgehead atoms. The van der Waals surface area contributed by atoms with E-state index in [4.69, 9.17) is 0 Å². The van der Waals surface area contributed by atoms with Gasteiger partial charge in [-0.2, -0.15) is 0 Å². The molecule has 1 heterocycles. The van der Waals surface area contributed by atoms with Crippen molar-refractivity contribution >= 4 is 17.7 Å². The maximum absolute atomic E-state index is 4.57. The quantitative estimate of drug-likeness (QED) is 0.833. The largest absolute Gasteiger partial charge is 0.354 e. The highest BCUT2D eigenvalue weighted by molar-refractivity contribution is 7.99. The van der Waals surface area contributed by atoms with Gasteiger partial charge >= 0.3 is 0 Å². The van der Waals surface area contributed by atoms with E-state index in [1.165, 1.54) is 10.5 Å². The molecule has 0 spiro atoms. The van der Waals surface area contributed by atoms with E-state index in [0.717, 1.165) is 17.1 Å². The minimum Gasteiger partial charge on any atom is -0.354 e. The molecule has 0 fully saturated rings. The number of anilines is 1. The zero-order valence-electron chi connectivity index (χ0n) is 13.4. The second-order valence-corrected chi connectivity index (χ2v) is 7.15. The molecule has 1 aromatic carbocycles. The van der Waals surface area contributed by atoms with Gasteiger partial charge < -0.3 is 5.32 Å². The van der Waals surface area contributed by atoms with Crippen LogP contribution in [0, 0.1) is 6.92 Å². The maximum atomic E-state index is 4.57. The zero-order chi connectivity index (χ0) is 15.5. The lowest BCUT2D eigenvalue weighted by Gasteiger charge is -2.19. The first kappa shape index (κ1) is 15.8. The molecule has 1 aromatic heterocycles. The van der Waals surface area contributed by atoms with Crippen molar-refractivity contribution in [2.45, 2.75) is 50.0 Å². The molecule has 0 amide bonds. The van der Waals surface area contributed by atoms with Crippen LogP contribution in [0.1, 0.15) is 38.8 Å². The Morgan fingerprint density at radius 3 is 2.38 bits per heavy atom. The van der Waals surface area contributed by atoms with Crippen LogP contribution in [0.2, 0.25) is 0 Å². The van der Waals surface area contributed by atoms with Gasteiger partial charge in [0.2, 0.25) is 5.95 Å². The summed E-state index contributed by atoms with van der Waals surface area (Å²) in [6.45, 7) is 11.6. The van der Waals surface area contributed by atoms with E-state index in [1.54, 1.807) is 11.8 Å². The highest BCUT2D eigenvalue weighted by Crippen LogP contribution is 2.31. The van der Waals surface area contributed by atoms with Gasteiger partial charge in [0.1, 0.15) is 5.03 Å². The Labute approximate surface area is 131 Å².